The summed E-state index contributed by atoms with van der Waals surface area (Å²) < 4.78 is 82.4. The van der Waals surface area contributed by atoms with Crippen molar-refractivity contribution in [1.29, 1.82) is 0 Å². The van der Waals surface area contributed by atoms with Crippen LogP contribution in [0.3, 0.4) is 0 Å². The third-order valence-corrected chi connectivity index (χ3v) is 3.93. The maximum absolute atomic E-state index is 12.8. The van der Waals surface area contributed by atoms with Gasteiger partial charge in [-0.05, 0) is 10.9 Å². The molecule has 0 unspecified atom stereocenters. The highest BCUT2D eigenvalue weighted by Gasteiger charge is 2.32. The van der Waals surface area contributed by atoms with E-state index in [1.165, 1.54) is 24.3 Å². The number of hydrogen-bond donors (Lipinski definition) is 1. The minimum Gasteiger partial charge on any atom is -0.426 e. The molecule has 2 aromatic rings. The van der Waals surface area contributed by atoms with Crippen LogP contribution in [0, 0.1) is 0 Å². The normalized spacial score (nSPS) is 12.1. The van der Waals surface area contributed by atoms with Gasteiger partial charge in [-0.15, -0.1) is 6.58 Å². The lowest BCUT2D eigenvalue weighted by atomic mass is 9.55. The summed E-state index contributed by atoms with van der Waals surface area (Å²) in [5.41, 5.74) is -0.793. The lowest BCUT2D eigenvalue weighted by molar-refractivity contribution is -0.138. The zero-order chi connectivity index (χ0) is 20.8. The van der Waals surface area contributed by atoms with Crippen LogP contribution in [0.4, 0.5) is 26.3 Å². The van der Waals surface area contributed by atoms with E-state index in [1.807, 2.05) is 0 Å². The van der Waals surface area contributed by atoms with Gasteiger partial charge in [-0.1, -0.05) is 54.6 Å². The summed E-state index contributed by atoms with van der Waals surface area (Å²) in [5, 5.41) is 3.01. The van der Waals surface area contributed by atoms with Crippen molar-refractivity contribution in [2.45, 2.75) is 12.4 Å². The van der Waals surface area contributed by atoms with Crippen LogP contribution in [-0.2, 0) is 17.0 Å². The molecule has 0 aliphatic carbocycles. The number of benzene rings is 2. The Morgan fingerprint density at radius 3 is 1.61 bits per heavy atom. The largest absolute Gasteiger partial charge is 0.426 e. The fourth-order valence-corrected chi connectivity index (χ4v) is 2.53. The second-order valence-electron chi connectivity index (χ2n) is 5.98. The third kappa shape index (κ3) is 6.14. The average Bonchev–Trinajstić information content (AvgIpc) is 2.64. The number of alkyl halides is 6. The topological polar surface area (TPSA) is 21.3 Å². The van der Waals surface area contributed by atoms with Crippen molar-refractivity contribution >= 4 is 17.8 Å². The van der Waals surface area contributed by atoms with Gasteiger partial charge in [-0.3, -0.25) is 0 Å². The smallest absolute Gasteiger partial charge is 0.416 e. The van der Waals surface area contributed by atoms with Crippen molar-refractivity contribution in [1.82, 2.24) is 5.32 Å². The van der Waals surface area contributed by atoms with Gasteiger partial charge in [-0.25, -0.2) is 0 Å². The summed E-state index contributed by atoms with van der Waals surface area (Å²) in [7, 11) is 0. The molecule has 2 rings (SSSR count). The molecule has 2 aromatic carbocycles. The highest BCUT2D eigenvalue weighted by Crippen LogP contribution is 2.29. The molecule has 0 spiro atoms. The molecule has 2 nitrogen and oxygen atoms in total. The SMILES string of the molecule is C=CCNCCOB(c1ccc(C(F)(F)F)cc1)c1ccc(C(F)(F)F)cc1. The van der Waals surface area contributed by atoms with Crippen molar-refractivity contribution in [3.63, 3.8) is 0 Å². The van der Waals surface area contributed by atoms with Gasteiger partial charge in [0.25, 0.3) is 0 Å². The van der Waals surface area contributed by atoms with E-state index >= 15 is 0 Å². The van der Waals surface area contributed by atoms with Gasteiger partial charge in [0.15, 0.2) is 0 Å². The molecule has 0 fully saturated rings. The van der Waals surface area contributed by atoms with E-state index in [4.69, 9.17) is 4.65 Å². The average molecular weight is 401 g/mol. The highest BCUT2D eigenvalue weighted by atomic mass is 19.4. The van der Waals surface area contributed by atoms with Crippen molar-refractivity contribution in [2.24, 2.45) is 0 Å². The quantitative estimate of drug-likeness (QED) is 0.316. The van der Waals surface area contributed by atoms with Gasteiger partial charge < -0.3 is 9.97 Å². The Kier molecular flexibility index (Phi) is 7.32. The molecule has 0 heterocycles. The van der Waals surface area contributed by atoms with Crippen LogP contribution in [0.25, 0.3) is 0 Å². The minimum absolute atomic E-state index is 0.209. The summed E-state index contributed by atoms with van der Waals surface area (Å²) in [4.78, 5) is 0. The Bertz CT molecular complexity index is 698. The van der Waals surface area contributed by atoms with E-state index in [-0.39, 0.29) is 6.61 Å². The minimum atomic E-state index is -4.47. The van der Waals surface area contributed by atoms with Crippen molar-refractivity contribution in [3.05, 3.63) is 72.3 Å². The van der Waals surface area contributed by atoms with Gasteiger partial charge in [0.1, 0.15) is 0 Å². The van der Waals surface area contributed by atoms with Crippen molar-refractivity contribution < 1.29 is 31.0 Å². The molecule has 0 radical (unpaired) electrons. The first kappa shape index (κ1) is 22.0. The standard InChI is InChI=1S/C19H18BF6NO/c1-2-11-27-12-13-28-20(16-7-3-14(4-8-16)18(21,22)23)17-9-5-15(6-10-17)19(24,25)26/h2-10,27H,1,11-13H2. The molecule has 150 valence electrons. The summed E-state index contributed by atoms with van der Waals surface area (Å²) in [5.74, 6) is 0. The maximum atomic E-state index is 12.8. The summed E-state index contributed by atoms with van der Waals surface area (Å²) in [6, 6.07) is 8.75. The highest BCUT2D eigenvalue weighted by molar-refractivity contribution is 6.80. The van der Waals surface area contributed by atoms with Crippen LogP contribution in [0.5, 0.6) is 0 Å². The molecule has 0 aromatic heterocycles. The maximum Gasteiger partial charge on any atom is 0.416 e. The molecule has 28 heavy (non-hydrogen) atoms. The second-order valence-corrected chi connectivity index (χ2v) is 5.98. The van der Waals surface area contributed by atoms with Gasteiger partial charge >= 0.3 is 19.3 Å². The molecular formula is C19H18BF6NO. The summed E-state index contributed by atoms with van der Waals surface area (Å²) >= 11 is 0. The van der Waals surface area contributed by atoms with E-state index in [2.05, 4.69) is 11.9 Å². The van der Waals surface area contributed by atoms with Gasteiger partial charge in [0.2, 0.25) is 0 Å². The lowest BCUT2D eigenvalue weighted by Crippen LogP contribution is -2.46. The molecule has 0 aliphatic heterocycles. The van der Waals surface area contributed by atoms with Crippen LogP contribution < -0.4 is 16.2 Å². The Morgan fingerprint density at radius 1 is 0.821 bits per heavy atom. The van der Waals surface area contributed by atoms with E-state index in [0.29, 0.717) is 24.0 Å². The van der Waals surface area contributed by atoms with Crippen LogP contribution in [0.2, 0.25) is 0 Å². The van der Waals surface area contributed by atoms with Crippen LogP contribution in [-0.4, -0.2) is 26.6 Å². The zero-order valence-corrected chi connectivity index (χ0v) is 14.8. The molecule has 1 N–H and O–H groups in total. The van der Waals surface area contributed by atoms with E-state index in [9.17, 15) is 26.3 Å². The number of nitrogens with one attached hydrogen (secondary N) is 1. The van der Waals surface area contributed by atoms with Crippen molar-refractivity contribution in [2.75, 3.05) is 19.7 Å². The second kappa shape index (κ2) is 9.29. The summed E-state index contributed by atoms with van der Waals surface area (Å²) in [6.45, 7) is 3.97. The Balaban J connectivity index is 2.25. The Morgan fingerprint density at radius 2 is 1.25 bits per heavy atom. The Labute approximate surface area is 159 Å². The van der Waals surface area contributed by atoms with Crippen molar-refractivity contribution in [3.8, 4) is 0 Å². The lowest BCUT2D eigenvalue weighted by Gasteiger charge is -2.17. The first-order chi connectivity index (χ1) is 13.1. The molecule has 0 aliphatic rings. The molecule has 0 saturated heterocycles. The van der Waals surface area contributed by atoms with Gasteiger partial charge in [0, 0.05) is 19.7 Å². The fourth-order valence-electron chi connectivity index (χ4n) is 2.53. The first-order valence-corrected chi connectivity index (χ1v) is 8.40. The van der Waals surface area contributed by atoms with Gasteiger partial charge in [-0.2, -0.15) is 26.3 Å². The molecule has 9 heteroatoms. The fraction of sp³-hybridized carbons (Fsp3) is 0.263. The third-order valence-electron chi connectivity index (χ3n) is 3.93. The van der Waals surface area contributed by atoms with E-state index in [1.54, 1.807) is 6.08 Å². The van der Waals surface area contributed by atoms with Crippen LogP contribution in [0.1, 0.15) is 11.1 Å². The molecular weight excluding hydrogens is 383 g/mol. The van der Waals surface area contributed by atoms with Crippen LogP contribution >= 0.6 is 0 Å². The van der Waals surface area contributed by atoms with Crippen LogP contribution in [0.15, 0.2) is 61.2 Å². The molecule has 0 bridgehead atoms. The van der Waals surface area contributed by atoms with Gasteiger partial charge in [0.05, 0.1) is 11.1 Å². The Hall–Kier alpha value is -2.26. The monoisotopic (exact) mass is 401 g/mol. The number of halogens is 6. The predicted octanol–water partition coefficient (Wildman–Crippen LogP) is 3.62. The number of rotatable bonds is 8. The molecule has 0 amide bonds. The van der Waals surface area contributed by atoms with E-state index in [0.717, 1.165) is 24.3 Å². The predicted molar refractivity (Wildman–Crippen MR) is 96.9 cm³/mol. The first-order valence-electron chi connectivity index (χ1n) is 8.40. The number of hydrogen-bond acceptors (Lipinski definition) is 2. The summed E-state index contributed by atoms with van der Waals surface area (Å²) in [6.07, 6.45) is -7.29. The molecule has 0 atom stereocenters. The van der Waals surface area contributed by atoms with E-state index < -0.39 is 30.4 Å². The molecule has 0 saturated carbocycles. The zero-order valence-electron chi connectivity index (χ0n) is 14.8.